The van der Waals surface area contributed by atoms with E-state index >= 15 is 0 Å². The van der Waals surface area contributed by atoms with Gasteiger partial charge < -0.3 is 21.1 Å². The van der Waals surface area contributed by atoms with Crippen molar-refractivity contribution < 1.29 is 19.1 Å². The Hall–Kier alpha value is -3.53. The van der Waals surface area contributed by atoms with Gasteiger partial charge in [-0.25, -0.2) is 14.4 Å². The maximum Gasteiger partial charge on any atom is 0.255 e. The van der Waals surface area contributed by atoms with E-state index in [2.05, 4.69) is 25.9 Å². The molecule has 0 radical (unpaired) electrons. The van der Waals surface area contributed by atoms with Crippen LogP contribution in [0, 0.1) is 5.92 Å². The van der Waals surface area contributed by atoms with Crippen LogP contribution >= 0.6 is 0 Å². The molecule has 0 unspecified atom stereocenters. The minimum Gasteiger partial charge on any atom is -0.387 e. The molecule has 0 aromatic carbocycles. The quantitative estimate of drug-likeness (QED) is 0.274. The van der Waals surface area contributed by atoms with Crippen LogP contribution in [0.15, 0.2) is 36.8 Å². The largest absolute Gasteiger partial charge is 0.387 e. The number of halogens is 1. The van der Waals surface area contributed by atoms with Crippen LogP contribution in [0.25, 0.3) is 16.9 Å². The summed E-state index contributed by atoms with van der Waals surface area (Å²) >= 11 is 0. The lowest BCUT2D eigenvalue weighted by molar-refractivity contribution is -0.122. The highest BCUT2D eigenvalue weighted by molar-refractivity contribution is 5.99. The molecule has 1 saturated carbocycles. The average molecular weight is 553 g/mol. The fraction of sp³-hybridized carbons (Fsp3) is 0.533. The van der Waals surface area contributed by atoms with E-state index in [-0.39, 0.29) is 24.1 Å². The summed E-state index contributed by atoms with van der Waals surface area (Å²) in [7, 11) is 0. The van der Waals surface area contributed by atoms with Gasteiger partial charge in [0.25, 0.3) is 5.91 Å². The molecule has 1 aliphatic rings. The van der Waals surface area contributed by atoms with Crippen LogP contribution in [0.5, 0.6) is 0 Å². The number of amides is 2. The van der Waals surface area contributed by atoms with Crippen molar-refractivity contribution >= 4 is 28.5 Å². The highest BCUT2D eigenvalue weighted by Crippen LogP contribution is 2.26. The summed E-state index contributed by atoms with van der Waals surface area (Å²) < 4.78 is 16.0. The van der Waals surface area contributed by atoms with Crippen molar-refractivity contribution in [3.05, 3.63) is 47.9 Å². The third kappa shape index (κ3) is 7.56. The molecule has 0 spiro atoms. The van der Waals surface area contributed by atoms with Crippen LogP contribution in [-0.2, 0) is 11.3 Å². The van der Waals surface area contributed by atoms with Crippen LogP contribution in [0.4, 0.5) is 10.1 Å². The van der Waals surface area contributed by atoms with Crippen molar-refractivity contribution in [2.24, 2.45) is 5.92 Å². The van der Waals surface area contributed by atoms with Gasteiger partial charge in [-0.15, -0.1) is 0 Å². The molecule has 4 rings (SSSR count). The zero-order valence-electron chi connectivity index (χ0n) is 23.8. The van der Waals surface area contributed by atoms with E-state index in [1.165, 1.54) is 39.3 Å². The van der Waals surface area contributed by atoms with Gasteiger partial charge in [0.15, 0.2) is 0 Å². The molecule has 0 saturated heterocycles. The maximum atomic E-state index is 14.2. The third-order valence-corrected chi connectivity index (χ3v) is 7.31. The number of alkyl halides is 1. The zero-order chi connectivity index (χ0) is 28.9. The summed E-state index contributed by atoms with van der Waals surface area (Å²) in [6.07, 6.45) is 10.0. The van der Waals surface area contributed by atoms with E-state index in [0.29, 0.717) is 36.0 Å². The van der Waals surface area contributed by atoms with Crippen molar-refractivity contribution in [1.82, 2.24) is 25.2 Å². The Labute approximate surface area is 235 Å². The molecule has 1 fully saturated rings. The second kappa shape index (κ2) is 12.8. The van der Waals surface area contributed by atoms with E-state index in [1.54, 1.807) is 12.3 Å². The van der Waals surface area contributed by atoms with Gasteiger partial charge in [0, 0.05) is 49.1 Å². The molecule has 1 atom stereocenters. The Morgan fingerprint density at radius 2 is 1.88 bits per heavy atom. The fourth-order valence-corrected chi connectivity index (χ4v) is 4.99. The summed E-state index contributed by atoms with van der Waals surface area (Å²) in [5.41, 5.74) is 0.882. The van der Waals surface area contributed by atoms with Gasteiger partial charge in [-0.05, 0) is 64.2 Å². The second-order valence-electron chi connectivity index (χ2n) is 11.6. The van der Waals surface area contributed by atoms with Gasteiger partial charge in [-0.1, -0.05) is 19.3 Å². The molecule has 3 aromatic rings. The number of carbonyl (C=O) groups excluding carboxylic acids is 2. The van der Waals surface area contributed by atoms with Crippen molar-refractivity contribution in [3.8, 4) is 5.82 Å². The molecule has 0 aliphatic heterocycles. The highest BCUT2D eigenvalue weighted by Gasteiger charge is 2.27. The Balaban J connectivity index is 1.47. The van der Waals surface area contributed by atoms with E-state index < -0.39 is 17.7 Å². The molecule has 1 aliphatic carbocycles. The lowest BCUT2D eigenvalue weighted by atomic mass is 9.87. The van der Waals surface area contributed by atoms with Crippen LogP contribution < -0.4 is 16.0 Å². The smallest absolute Gasteiger partial charge is 0.255 e. The van der Waals surface area contributed by atoms with E-state index in [4.69, 9.17) is 0 Å². The molecule has 9 nitrogen and oxygen atoms in total. The summed E-state index contributed by atoms with van der Waals surface area (Å²) in [6, 6.07) is 5.73. The minimum atomic E-state index is -1.61. The number of hydrogen-bond acceptors (Lipinski definition) is 6. The summed E-state index contributed by atoms with van der Waals surface area (Å²) in [5, 5.41) is 19.6. The summed E-state index contributed by atoms with van der Waals surface area (Å²) in [4.78, 5) is 34.4. The first kappa shape index (κ1) is 29.5. The van der Waals surface area contributed by atoms with Gasteiger partial charge in [0.2, 0.25) is 5.91 Å². The number of nitrogens with zero attached hydrogens (tertiary/aromatic N) is 3. The molecule has 10 heteroatoms. The van der Waals surface area contributed by atoms with E-state index in [0.717, 1.165) is 23.8 Å². The van der Waals surface area contributed by atoms with Gasteiger partial charge in [0.05, 0.1) is 23.4 Å². The lowest BCUT2D eigenvalue weighted by Gasteiger charge is -2.23. The molecule has 3 aromatic heterocycles. The van der Waals surface area contributed by atoms with Crippen molar-refractivity contribution in [2.75, 3.05) is 11.9 Å². The Morgan fingerprint density at radius 1 is 1.12 bits per heavy atom. The van der Waals surface area contributed by atoms with Crippen molar-refractivity contribution in [2.45, 2.75) is 90.6 Å². The number of aromatic nitrogens is 3. The molecule has 40 heavy (non-hydrogen) atoms. The number of fused-ring (bicyclic) bond motifs is 1. The first-order valence-electron chi connectivity index (χ1n) is 14.2. The molecular formula is C30H41FN6O3. The van der Waals surface area contributed by atoms with E-state index in [9.17, 15) is 19.1 Å². The van der Waals surface area contributed by atoms with E-state index in [1.807, 2.05) is 36.7 Å². The van der Waals surface area contributed by atoms with Crippen LogP contribution in [0.2, 0.25) is 0 Å². The number of hydrogen-bond donors (Lipinski definition) is 4. The number of anilines is 1. The third-order valence-electron chi connectivity index (χ3n) is 7.31. The molecule has 4 N–H and O–H groups in total. The first-order valence-corrected chi connectivity index (χ1v) is 14.2. The molecular weight excluding hydrogens is 511 g/mol. The average Bonchev–Trinajstić information content (AvgIpc) is 3.33. The van der Waals surface area contributed by atoms with Gasteiger partial charge >= 0.3 is 0 Å². The van der Waals surface area contributed by atoms with Crippen LogP contribution in [0.3, 0.4) is 0 Å². The van der Waals surface area contributed by atoms with Crippen molar-refractivity contribution in [1.29, 1.82) is 0 Å². The highest BCUT2D eigenvalue weighted by atomic mass is 19.1. The minimum absolute atomic E-state index is 0.0301. The maximum absolute atomic E-state index is 14.2. The number of rotatable bonds is 11. The number of carbonyl (C=O) groups is 2. The first-order chi connectivity index (χ1) is 19.0. The number of nitrogens with one attached hydrogen (secondary N) is 3. The predicted octanol–water partition coefficient (Wildman–Crippen LogP) is 4.67. The predicted molar refractivity (Wildman–Crippen MR) is 154 cm³/mol. The monoisotopic (exact) mass is 552 g/mol. The van der Waals surface area contributed by atoms with Gasteiger partial charge in [-0.2, -0.15) is 0 Å². The Morgan fingerprint density at radius 3 is 2.58 bits per heavy atom. The Bertz CT molecular complexity index is 1330. The van der Waals surface area contributed by atoms with Gasteiger partial charge in [-0.3, -0.25) is 14.2 Å². The number of pyridine rings is 2. The standard InChI is InChI=1S/C30H41FN6O3/c1-19(2)36-24-14-26(32-17-23(24)29(39)35-18-25(31)30(3,4)40)37-11-10-22-12-21(16-34-28(22)37)15-33-27(38)13-20-8-6-5-7-9-20/h10-12,14,16-17,19-20,25,40H,5-9,13,15,18H2,1-4H3,(H,32,36)(H,33,38)(H,35,39)/t25-/m1/s1. The van der Waals surface area contributed by atoms with Crippen molar-refractivity contribution in [3.63, 3.8) is 0 Å². The fourth-order valence-electron chi connectivity index (χ4n) is 4.99. The molecule has 0 bridgehead atoms. The Kier molecular flexibility index (Phi) is 9.40. The van der Waals surface area contributed by atoms with Crippen LogP contribution in [0.1, 0.15) is 82.1 Å². The SMILES string of the molecule is CC(C)Nc1cc(-n2ccc3cc(CNC(=O)CC4CCCCC4)cnc32)ncc1C(=O)NC[C@@H](F)C(C)(C)O. The van der Waals surface area contributed by atoms with Crippen LogP contribution in [-0.4, -0.2) is 55.8 Å². The second-order valence-corrected chi connectivity index (χ2v) is 11.6. The molecule has 216 valence electrons. The summed E-state index contributed by atoms with van der Waals surface area (Å²) in [5.74, 6) is 0.664. The molecule has 3 heterocycles. The number of aliphatic hydroxyl groups is 1. The lowest BCUT2D eigenvalue weighted by Crippen LogP contribution is -2.42. The topological polar surface area (TPSA) is 121 Å². The van der Waals surface area contributed by atoms with Gasteiger partial charge in [0.1, 0.15) is 17.6 Å². The summed E-state index contributed by atoms with van der Waals surface area (Å²) in [6.45, 7) is 6.74. The molecule has 2 amide bonds. The normalized spacial score (nSPS) is 15.3. The zero-order valence-corrected chi connectivity index (χ0v) is 23.8.